The molecule has 1 aromatic carbocycles. The van der Waals surface area contributed by atoms with Gasteiger partial charge < -0.3 is 14.5 Å². The van der Waals surface area contributed by atoms with Gasteiger partial charge >= 0.3 is 5.97 Å². The van der Waals surface area contributed by atoms with Gasteiger partial charge in [-0.2, -0.15) is 0 Å². The number of likely N-dealkylation sites (tertiary alicyclic amines) is 2. The molecule has 2 fully saturated rings. The molecule has 0 bridgehead atoms. The molecule has 2 saturated heterocycles. The molecule has 2 aliphatic heterocycles. The molecule has 150 valence electrons. The van der Waals surface area contributed by atoms with Crippen molar-refractivity contribution in [3.05, 3.63) is 35.4 Å². The molecular weight excluding hydrogens is 356 g/mol. The van der Waals surface area contributed by atoms with Gasteiger partial charge in [-0.15, -0.1) is 0 Å². The molecule has 1 unspecified atom stereocenters. The quantitative estimate of drug-likeness (QED) is 0.747. The van der Waals surface area contributed by atoms with Crippen LogP contribution in [-0.2, 0) is 25.5 Å². The van der Waals surface area contributed by atoms with E-state index in [1.165, 1.54) is 18.2 Å². The number of amides is 2. The fourth-order valence-corrected chi connectivity index (χ4v) is 5.11. The van der Waals surface area contributed by atoms with E-state index in [0.717, 1.165) is 25.7 Å². The number of ether oxygens (including phenoxy) is 1. The zero-order valence-corrected chi connectivity index (χ0v) is 16.4. The zero-order valence-electron chi connectivity index (χ0n) is 16.4. The van der Waals surface area contributed by atoms with Crippen molar-refractivity contribution in [3.8, 4) is 0 Å². The van der Waals surface area contributed by atoms with Gasteiger partial charge in [0, 0.05) is 19.5 Å². The van der Waals surface area contributed by atoms with E-state index in [1.807, 2.05) is 12.1 Å². The van der Waals surface area contributed by atoms with Crippen LogP contribution in [0.15, 0.2) is 24.3 Å². The lowest BCUT2D eigenvalue weighted by Gasteiger charge is -2.31. The molecule has 28 heavy (non-hydrogen) atoms. The van der Waals surface area contributed by atoms with Gasteiger partial charge in [0.1, 0.15) is 12.1 Å². The summed E-state index contributed by atoms with van der Waals surface area (Å²) in [4.78, 5) is 41.6. The second kappa shape index (κ2) is 7.94. The number of hydrogen-bond donors (Lipinski definition) is 0. The number of carbonyl (C=O) groups excluding carboxylic acids is 3. The fraction of sp³-hybridized carbons (Fsp3) is 0.591. The molecule has 6 nitrogen and oxygen atoms in total. The van der Waals surface area contributed by atoms with Gasteiger partial charge in [0.25, 0.3) is 0 Å². The van der Waals surface area contributed by atoms with Gasteiger partial charge in [-0.25, -0.2) is 4.79 Å². The highest BCUT2D eigenvalue weighted by Gasteiger charge is 2.42. The SMILES string of the molecule is COC(=O)[C@@H]1CCCN1C(=O)[C@H]1CCCN1C(=O)CC1CCc2ccccc21. The molecule has 0 saturated carbocycles. The van der Waals surface area contributed by atoms with E-state index in [9.17, 15) is 14.4 Å². The van der Waals surface area contributed by atoms with E-state index in [0.29, 0.717) is 32.4 Å². The molecule has 6 heteroatoms. The molecule has 2 heterocycles. The number of fused-ring (bicyclic) bond motifs is 1. The van der Waals surface area contributed by atoms with Gasteiger partial charge in [-0.05, 0) is 55.6 Å². The Labute approximate surface area is 165 Å². The van der Waals surface area contributed by atoms with E-state index < -0.39 is 12.1 Å². The summed E-state index contributed by atoms with van der Waals surface area (Å²) in [6.07, 6.45) is 5.42. The minimum absolute atomic E-state index is 0.0615. The molecular formula is C22H28N2O4. The van der Waals surface area contributed by atoms with Gasteiger partial charge in [0.05, 0.1) is 7.11 Å². The number of esters is 1. The van der Waals surface area contributed by atoms with Crippen molar-refractivity contribution < 1.29 is 19.1 Å². The second-order valence-corrected chi connectivity index (χ2v) is 8.10. The van der Waals surface area contributed by atoms with Crippen LogP contribution in [-0.4, -0.2) is 59.9 Å². The number of nitrogens with zero attached hydrogens (tertiary/aromatic N) is 2. The minimum Gasteiger partial charge on any atom is -0.467 e. The average Bonchev–Trinajstić information content (AvgIpc) is 3.46. The summed E-state index contributed by atoms with van der Waals surface area (Å²) in [5.41, 5.74) is 2.62. The number of hydrogen-bond acceptors (Lipinski definition) is 4. The van der Waals surface area contributed by atoms with Crippen LogP contribution in [0.5, 0.6) is 0 Å². The lowest BCUT2D eigenvalue weighted by molar-refractivity contribution is -0.153. The molecule has 0 radical (unpaired) electrons. The number of aryl methyl sites for hydroxylation is 1. The summed E-state index contributed by atoms with van der Waals surface area (Å²) < 4.78 is 4.86. The topological polar surface area (TPSA) is 66.9 Å². The third-order valence-electron chi connectivity index (χ3n) is 6.55. The van der Waals surface area contributed by atoms with Crippen molar-refractivity contribution in [3.63, 3.8) is 0 Å². The highest BCUT2D eigenvalue weighted by Crippen LogP contribution is 2.36. The Morgan fingerprint density at radius 3 is 2.50 bits per heavy atom. The Bertz CT molecular complexity index is 778. The molecule has 1 aromatic rings. The molecule has 0 aromatic heterocycles. The van der Waals surface area contributed by atoms with Gasteiger partial charge in [-0.1, -0.05) is 24.3 Å². The Kier molecular flexibility index (Phi) is 5.38. The molecule has 3 atom stereocenters. The molecule has 0 spiro atoms. The fourth-order valence-electron chi connectivity index (χ4n) is 5.11. The first kappa shape index (κ1) is 19.0. The van der Waals surface area contributed by atoms with E-state index in [-0.39, 0.29) is 23.7 Å². The lowest BCUT2D eigenvalue weighted by Crippen LogP contribution is -2.51. The Morgan fingerprint density at radius 2 is 1.71 bits per heavy atom. The lowest BCUT2D eigenvalue weighted by atomic mass is 9.97. The van der Waals surface area contributed by atoms with E-state index in [4.69, 9.17) is 4.74 Å². The summed E-state index contributed by atoms with van der Waals surface area (Å²) in [6.45, 7) is 1.19. The zero-order chi connectivity index (χ0) is 19.7. The first-order chi connectivity index (χ1) is 13.6. The molecule has 1 aliphatic carbocycles. The van der Waals surface area contributed by atoms with Gasteiger partial charge in [0.15, 0.2) is 0 Å². The molecule has 3 aliphatic rings. The Morgan fingerprint density at radius 1 is 1.00 bits per heavy atom. The summed E-state index contributed by atoms with van der Waals surface area (Å²) in [6, 6.07) is 7.41. The highest BCUT2D eigenvalue weighted by molar-refractivity contribution is 5.91. The maximum atomic E-state index is 13.2. The maximum absolute atomic E-state index is 13.2. The number of carbonyl (C=O) groups is 3. The number of methoxy groups -OCH3 is 1. The van der Waals surface area contributed by atoms with Crippen LogP contribution in [0, 0.1) is 0 Å². The van der Waals surface area contributed by atoms with Gasteiger partial charge in [0.2, 0.25) is 11.8 Å². The molecule has 0 N–H and O–H groups in total. The second-order valence-electron chi connectivity index (χ2n) is 8.10. The van der Waals surface area contributed by atoms with Crippen molar-refractivity contribution in [1.82, 2.24) is 9.80 Å². The molecule has 2 amide bonds. The van der Waals surface area contributed by atoms with E-state index in [2.05, 4.69) is 12.1 Å². The normalized spacial score (nSPS) is 26.4. The summed E-state index contributed by atoms with van der Waals surface area (Å²) in [7, 11) is 1.36. The largest absolute Gasteiger partial charge is 0.467 e. The van der Waals surface area contributed by atoms with Crippen LogP contribution in [0.2, 0.25) is 0 Å². The first-order valence-corrected chi connectivity index (χ1v) is 10.4. The number of rotatable bonds is 4. The van der Waals surface area contributed by atoms with Crippen molar-refractivity contribution in [1.29, 1.82) is 0 Å². The van der Waals surface area contributed by atoms with Gasteiger partial charge in [-0.3, -0.25) is 9.59 Å². The van der Waals surface area contributed by atoms with Crippen LogP contribution >= 0.6 is 0 Å². The summed E-state index contributed by atoms with van der Waals surface area (Å²) >= 11 is 0. The van der Waals surface area contributed by atoms with Crippen LogP contribution < -0.4 is 0 Å². The van der Waals surface area contributed by atoms with Crippen LogP contribution in [0.25, 0.3) is 0 Å². The van der Waals surface area contributed by atoms with Crippen LogP contribution in [0.3, 0.4) is 0 Å². The summed E-state index contributed by atoms with van der Waals surface area (Å²) in [5.74, 6) is -0.143. The molecule has 4 rings (SSSR count). The smallest absolute Gasteiger partial charge is 0.328 e. The predicted molar refractivity (Wildman–Crippen MR) is 104 cm³/mol. The Balaban J connectivity index is 1.44. The monoisotopic (exact) mass is 384 g/mol. The maximum Gasteiger partial charge on any atom is 0.328 e. The van der Waals surface area contributed by atoms with Crippen molar-refractivity contribution in [2.45, 2.75) is 62.9 Å². The van der Waals surface area contributed by atoms with Crippen LogP contribution in [0.1, 0.15) is 55.6 Å². The standard InChI is InChI=1S/C22H28N2O4/c1-28-22(27)19-9-5-13-24(19)21(26)18-8-4-12-23(18)20(25)14-16-11-10-15-6-2-3-7-17(15)16/h2-3,6-7,16,18-19H,4-5,8-14H2,1H3/t16?,18-,19+/m1/s1. The first-order valence-electron chi connectivity index (χ1n) is 10.4. The van der Waals surface area contributed by atoms with E-state index in [1.54, 1.807) is 9.80 Å². The number of benzene rings is 1. The van der Waals surface area contributed by atoms with E-state index >= 15 is 0 Å². The third kappa shape index (κ3) is 3.40. The third-order valence-corrected chi connectivity index (χ3v) is 6.55. The van der Waals surface area contributed by atoms with Crippen molar-refractivity contribution in [2.75, 3.05) is 20.2 Å². The average molecular weight is 384 g/mol. The predicted octanol–water partition coefficient (Wildman–Crippen LogP) is 2.26. The van der Waals surface area contributed by atoms with Crippen molar-refractivity contribution >= 4 is 17.8 Å². The summed E-state index contributed by atoms with van der Waals surface area (Å²) in [5, 5.41) is 0. The Hall–Kier alpha value is -2.37. The minimum atomic E-state index is -0.503. The highest BCUT2D eigenvalue weighted by atomic mass is 16.5. The van der Waals surface area contributed by atoms with Crippen molar-refractivity contribution in [2.24, 2.45) is 0 Å². The van der Waals surface area contributed by atoms with Crippen LogP contribution in [0.4, 0.5) is 0 Å².